The molecule has 0 aromatic heterocycles. The van der Waals surface area contributed by atoms with Gasteiger partial charge in [0.15, 0.2) is 0 Å². The Morgan fingerprint density at radius 2 is 1.82 bits per heavy atom. The summed E-state index contributed by atoms with van der Waals surface area (Å²) in [4.78, 5) is 0. The van der Waals surface area contributed by atoms with Gasteiger partial charge in [0, 0.05) is 26.9 Å². The lowest BCUT2D eigenvalue weighted by Gasteiger charge is -2.32. The Hall–Kier alpha value is 0.0969. The van der Waals surface area contributed by atoms with Gasteiger partial charge in [-0.2, -0.15) is 0 Å². The molecule has 100 valence electrons. The van der Waals surface area contributed by atoms with E-state index in [0.717, 1.165) is 25.0 Å². The van der Waals surface area contributed by atoms with Crippen molar-refractivity contribution in [1.29, 1.82) is 0 Å². The fraction of sp³-hybridized carbons (Fsp3) is 1.00. The van der Waals surface area contributed by atoms with Crippen molar-refractivity contribution in [2.24, 2.45) is 11.3 Å². The van der Waals surface area contributed by atoms with Gasteiger partial charge in [0.2, 0.25) is 0 Å². The molecule has 0 aromatic rings. The molecule has 0 unspecified atom stereocenters. The van der Waals surface area contributed by atoms with E-state index >= 15 is 0 Å². The van der Waals surface area contributed by atoms with Gasteiger partial charge in [-0.05, 0) is 43.4 Å². The maximum Gasteiger partial charge on any atom is 0.500 e. The topological polar surface area (TPSA) is 27.7 Å². The lowest BCUT2D eigenvalue weighted by molar-refractivity contribution is 0.0508. The summed E-state index contributed by atoms with van der Waals surface area (Å²) in [7, 11) is 1.11. The average Bonchev–Trinajstić information content (AvgIpc) is 2.95. The summed E-state index contributed by atoms with van der Waals surface area (Å²) < 4.78 is 17.3. The Kier molecular flexibility index (Phi) is 4.29. The molecular weight excluding hydrogens is 232 g/mol. The zero-order valence-corrected chi connectivity index (χ0v) is 12.5. The molecule has 0 amide bonds. The Morgan fingerprint density at radius 3 is 2.24 bits per heavy atom. The first-order chi connectivity index (χ1) is 8.17. The first-order valence-electron chi connectivity index (χ1n) is 6.92. The summed E-state index contributed by atoms with van der Waals surface area (Å²) in [6.07, 6.45) is 7.95. The van der Waals surface area contributed by atoms with Crippen LogP contribution in [0.25, 0.3) is 0 Å². The molecule has 0 aromatic carbocycles. The molecule has 2 aliphatic rings. The van der Waals surface area contributed by atoms with Crippen LogP contribution in [0.1, 0.15) is 45.4 Å². The van der Waals surface area contributed by atoms with Gasteiger partial charge in [-0.1, -0.05) is 13.3 Å². The first-order valence-corrected chi connectivity index (χ1v) is 8.85. The van der Waals surface area contributed by atoms with Gasteiger partial charge in [-0.15, -0.1) is 0 Å². The molecule has 17 heavy (non-hydrogen) atoms. The quantitative estimate of drug-likeness (QED) is 0.656. The summed E-state index contributed by atoms with van der Waals surface area (Å²) in [5.41, 5.74) is 0.466. The van der Waals surface area contributed by atoms with Crippen molar-refractivity contribution in [2.45, 2.75) is 51.5 Å². The number of hydrogen-bond donors (Lipinski definition) is 0. The molecule has 0 radical (unpaired) electrons. The van der Waals surface area contributed by atoms with Gasteiger partial charge in [0.1, 0.15) is 0 Å². The van der Waals surface area contributed by atoms with Gasteiger partial charge >= 0.3 is 8.80 Å². The second-order valence-corrected chi connectivity index (χ2v) is 8.75. The van der Waals surface area contributed by atoms with E-state index in [1.54, 1.807) is 14.2 Å². The lowest BCUT2D eigenvalue weighted by atomic mass is 9.85. The van der Waals surface area contributed by atoms with Crippen LogP contribution < -0.4 is 0 Å². The molecule has 0 atom stereocenters. The van der Waals surface area contributed by atoms with Crippen LogP contribution >= 0.6 is 0 Å². The number of rotatable bonds is 7. The molecular formula is C13H26O3Si. The summed E-state index contributed by atoms with van der Waals surface area (Å²) in [6, 6.07) is 0.930. The molecule has 2 bridgehead atoms. The van der Waals surface area contributed by atoms with Crippen molar-refractivity contribution < 1.29 is 13.3 Å². The molecule has 2 rings (SSSR count). The van der Waals surface area contributed by atoms with Gasteiger partial charge in [0.05, 0.1) is 0 Å². The molecule has 2 saturated carbocycles. The number of fused-ring (bicyclic) bond motifs is 2. The second kappa shape index (κ2) is 5.39. The Bertz CT molecular complexity index is 245. The van der Waals surface area contributed by atoms with Crippen molar-refractivity contribution in [1.82, 2.24) is 0 Å². The van der Waals surface area contributed by atoms with Crippen LogP contribution in [0.3, 0.4) is 0 Å². The average molecular weight is 258 g/mol. The van der Waals surface area contributed by atoms with Gasteiger partial charge < -0.3 is 13.3 Å². The fourth-order valence-corrected chi connectivity index (χ4v) is 5.65. The highest BCUT2D eigenvalue weighted by Crippen LogP contribution is 2.54. The zero-order valence-electron chi connectivity index (χ0n) is 11.5. The highest BCUT2D eigenvalue weighted by molar-refractivity contribution is 6.60. The number of hydrogen-bond acceptors (Lipinski definition) is 3. The van der Waals surface area contributed by atoms with E-state index < -0.39 is 8.80 Å². The molecule has 2 aliphatic carbocycles. The molecule has 4 heteroatoms. The predicted octanol–water partition coefficient (Wildman–Crippen LogP) is 3.23. The van der Waals surface area contributed by atoms with E-state index in [9.17, 15) is 0 Å². The lowest BCUT2D eigenvalue weighted by Crippen LogP contribution is -2.46. The molecule has 0 N–H and O–H groups in total. The van der Waals surface area contributed by atoms with Crippen LogP contribution in [0.5, 0.6) is 0 Å². The van der Waals surface area contributed by atoms with Gasteiger partial charge in [0.25, 0.3) is 0 Å². The maximum atomic E-state index is 6.17. The van der Waals surface area contributed by atoms with Crippen molar-refractivity contribution in [2.75, 3.05) is 20.8 Å². The van der Waals surface area contributed by atoms with Crippen LogP contribution in [-0.4, -0.2) is 29.6 Å². The highest BCUT2D eigenvalue weighted by Gasteiger charge is 2.48. The Balaban J connectivity index is 1.90. The smallest absolute Gasteiger partial charge is 0.377 e. The SMILES string of the molecule is CCC[Si](OC)(OC)OCC12CCC(CC1)C2. The minimum atomic E-state index is -2.36. The minimum Gasteiger partial charge on any atom is -0.377 e. The van der Waals surface area contributed by atoms with Crippen molar-refractivity contribution in [3.8, 4) is 0 Å². The summed E-state index contributed by atoms with van der Waals surface area (Å²) in [5.74, 6) is 0.978. The van der Waals surface area contributed by atoms with E-state index in [4.69, 9.17) is 13.3 Å². The largest absolute Gasteiger partial charge is 0.500 e. The molecule has 3 nitrogen and oxygen atoms in total. The first kappa shape index (κ1) is 13.5. The van der Waals surface area contributed by atoms with E-state index in [2.05, 4.69) is 6.92 Å². The monoisotopic (exact) mass is 258 g/mol. The van der Waals surface area contributed by atoms with Gasteiger partial charge in [-0.3, -0.25) is 0 Å². The van der Waals surface area contributed by atoms with Crippen LogP contribution in [0.2, 0.25) is 6.04 Å². The summed E-state index contributed by atoms with van der Waals surface area (Å²) >= 11 is 0. The second-order valence-electron chi connectivity index (χ2n) is 5.78. The summed E-state index contributed by atoms with van der Waals surface area (Å²) in [5, 5.41) is 0. The van der Waals surface area contributed by atoms with E-state index in [1.807, 2.05) is 0 Å². The normalized spacial score (nSPS) is 32.3. The van der Waals surface area contributed by atoms with Crippen molar-refractivity contribution in [3.63, 3.8) is 0 Å². The van der Waals surface area contributed by atoms with Crippen LogP contribution in [0.4, 0.5) is 0 Å². The predicted molar refractivity (Wildman–Crippen MR) is 69.8 cm³/mol. The van der Waals surface area contributed by atoms with Crippen molar-refractivity contribution >= 4 is 8.80 Å². The Labute approximate surface area is 106 Å². The molecule has 2 fully saturated rings. The standard InChI is InChI=1S/C13H26O3Si/c1-4-9-17(14-2,15-3)16-11-13-7-5-12(10-13)6-8-13/h12H,4-11H2,1-3H3. The molecule has 0 aliphatic heterocycles. The molecule has 0 heterocycles. The van der Waals surface area contributed by atoms with Crippen LogP contribution in [-0.2, 0) is 13.3 Å². The summed E-state index contributed by atoms with van der Waals surface area (Å²) in [6.45, 7) is 3.01. The third-order valence-corrected chi connectivity index (χ3v) is 7.60. The minimum absolute atomic E-state index is 0.466. The fourth-order valence-electron chi connectivity index (χ4n) is 3.56. The molecule has 0 saturated heterocycles. The third kappa shape index (κ3) is 2.75. The molecule has 0 spiro atoms. The third-order valence-electron chi connectivity index (χ3n) is 4.66. The van der Waals surface area contributed by atoms with Gasteiger partial charge in [-0.25, -0.2) is 0 Å². The van der Waals surface area contributed by atoms with E-state index in [1.165, 1.54) is 32.1 Å². The van der Waals surface area contributed by atoms with Crippen LogP contribution in [0.15, 0.2) is 0 Å². The van der Waals surface area contributed by atoms with E-state index in [0.29, 0.717) is 5.41 Å². The van der Waals surface area contributed by atoms with E-state index in [-0.39, 0.29) is 0 Å². The highest BCUT2D eigenvalue weighted by atomic mass is 28.4. The van der Waals surface area contributed by atoms with Crippen LogP contribution in [0, 0.1) is 11.3 Å². The van der Waals surface area contributed by atoms with Crippen molar-refractivity contribution in [3.05, 3.63) is 0 Å². The maximum absolute atomic E-state index is 6.17. The zero-order chi connectivity index (χ0) is 12.4. The Morgan fingerprint density at radius 1 is 1.18 bits per heavy atom.